The van der Waals surface area contributed by atoms with Gasteiger partial charge in [-0.15, -0.1) is 0 Å². The molecule has 5 heteroatoms. The van der Waals surface area contributed by atoms with Gasteiger partial charge in [-0.3, -0.25) is 9.89 Å². The molecule has 0 aliphatic rings. The van der Waals surface area contributed by atoms with Gasteiger partial charge in [0.1, 0.15) is 35.0 Å². The fraction of sp³-hybridized carbons (Fsp3) is 0.154. The third-order valence-corrected chi connectivity index (χ3v) is 9.65. The summed E-state index contributed by atoms with van der Waals surface area (Å²) in [7, 11) is -2.01. The number of benzene rings is 3. The number of H-pyrrole nitrogens is 1. The zero-order valence-corrected chi connectivity index (χ0v) is 18.5. The minimum absolute atomic E-state index is 0.203. The Kier molecular flexibility index (Phi) is 6.59. The Morgan fingerprint density at radius 2 is 1.32 bits per heavy atom. The van der Waals surface area contributed by atoms with E-state index in [2.05, 4.69) is 101 Å². The SMILES string of the molecule is CCOC(=O)Cc1cc(C[P+](c2ccccc2)(c2ccccc2)c2ccccc2)n[nH]1. The monoisotopic (exact) mass is 429 g/mol. The van der Waals surface area contributed by atoms with Crippen LogP contribution >= 0.6 is 7.26 Å². The van der Waals surface area contributed by atoms with E-state index in [1.54, 1.807) is 0 Å². The summed E-state index contributed by atoms with van der Waals surface area (Å²) in [4.78, 5) is 11.9. The van der Waals surface area contributed by atoms with Gasteiger partial charge in [-0.2, -0.15) is 5.10 Å². The van der Waals surface area contributed by atoms with Crippen molar-refractivity contribution >= 4 is 29.1 Å². The Balaban J connectivity index is 1.82. The van der Waals surface area contributed by atoms with Gasteiger partial charge in [0.15, 0.2) is 0 Å². The third-order valence-electron chi connectivity index (χ3n) is 5.31. The first-order valence-corrected chi connectivity index (χ1v) is 12.4. The first-order chi connectivity index (χ1) is 15.2. The van der Waals surface area contributed by atoms with Crippen LogP contribution in [0.15, 0.2) is 97.1 Å². The minimum Gasteiger partial charge on any atom is -0.466 e. The molecule has 1 heterocycles. The number of carbonyl (C=O) groups is 1. The highest BCUT2D eigenvalue weighted by Gasteiger charge is 2.46. The van der Waals surface area contributed by atoms with E-state index >= 15 is 0 Å². The van der Waals surface area contributed by atoms with Crippen LogP contribution in [-0.4, -0.2) is 22.8 Å². The average molecular weight is 429 g/mol. The van der Waals surface area contributed by atoms with Crippen LogP contribution in [0.1, 0.15) is 18.3 Å². The van der Waals surface area contributed by atoms with Gasteiger partial charge < -0.3 is 4.74 Å². The van der Waals surface area contributed by atoms with Crippen molar-refractivity contribution < 1.29 is 9.53 Å². The van der Waals surface area contributed by atoms with E-state index in [1.165, 1.54) is 15.9 Å². The van der Waals surface area contributed by atoms with Crippen LogP contribution in [0.3, 0.4) is 0 Å². The number of rotatable bonds is 8. The van der Waals surface area contributed by atoms with Gasteiger partial charge in [-0.1, -0.05) is 54.6 Å². The molecule has 1 N–H and O–H groups in total. The molecule has 0 bridgehead atoms. The maximum Gasteiger partial charge on any atom is 0.311 e. The molecule has 0 saturated heterocycles. The predicted molar refractivity (Wildman–Crippen MR) is 128 cm³/mol. The molecule has 4 rings (SSSR count). The number of ether oxygens (including phenoxy) is 1. The standard InChI is InChI=1S/C26H26N2O2P/c1-2-30-26(29)19-21-18-22(28-27-21)20-31(23-12-6-3-7-13-23,24-14-8-4-9-15-24)25-16-10-5-11-17-25/h3-18H,2,19-20H2,1H3,(H,27,28)/q+1. The first kappa shape index (κ1) is 21.0. The van der Waals surface area contributed by atoms with Crippen molar-refractivity contribution in [1.82, 2.24) is 10.2 Å². The summed E-state index contributed by atoms with van der Waals surface area (Å²) in [5.41, 5.74) is 1.73. The molecular formula is C26H26N2O2P+. The van der Waals surface area contributed by atoms with Gasteiger partial charge in [0.2, 0.25) is 0 Å². The van der Waals surface area contributed by atoms with Gasteiger partial charge >= 0.3 is 5.97 Å². The van der Waals surface area contributed by atoms with E-state index in [0.29, 0.717) is 6.61 Å². The van der Waals surface area contributed by atoms with E-state index in [1.807, 2.05) is 13.0 Å². The lowest BCUT2D eigenvalue weighted by molar-refractivity contribution is -0.142. The molecule has 0 unspecified atom stereocenters. The second-order valence-corrected chi connectivity index (χ2v) is 10.8. The lowest BCUT2D eigenvalue weighted by Gasteiger charge is -2.27. The smallest absolute Gasteiger partial charge is 0.311 e. The molecule has 4 aromatic rings. The van der Waals surface area contributed by atoms with Crippen LogP contribution in [0.5, 0.6) is 0 Å². The van der Waals surface area contributed by atoms with Crippen molar-refractivity contribution in [3.63, 3.8) is 0 Å². The Morgan fingerprint density at radius 1 is 0.839 bits per heavy atom. The molecule has 0 spiro atoms. The van der Waals surface area contributed by atoms with Crippen LogP contribution in [0.4, 0.5) is 0 Å². The van der Waals surface area contributed by atoms with Crippen molar-refractivity contribution in [1.29, 1.82) is 0 Å². The number of aromatic nitrogens is 2. The van der Waals surface area contributed by atoms with E-state index in [0.717, 1.165) is 17.5 Å². The minimum atomic E-state index is -2.01. The number of aromatic amines is 1. The number of nitrogens with zero attached hydrogens (tertiary/aromatic N) is 1. The van der Waals surface area contributed by atoms with E-state index < -0.39 is 7.26 Å². The second-order valence-electron chi connectivity index (χ2n) is 7.34. The molecule has 0 aliphatic heterocycles. The normalized spacial score (nSPS) is 11.3. The lowest BCUT2D eigenvalue weighted by Crippen LogP contribution is -2.32. The number of hydrogen-bond acceptors (Lipinski definition) is 3. The summed E-state index contributed by atoms with van der Waals surface area (Å²) in [6.07, 6.45) is 0.971. The Morgan fingerprint density at radius 3 is 1.77 bits per heavy atom. The molecule has 31 heavy (non-hydrogen) atoms. The Hall–Kier alpha value is -3.23. The lowest BCUT2D eigenvalue weighted by atomic mass is 10.3. The predicted octanol–water partition coefficient (Wildman–Crippen LogP) is 4.01. The van der Waals surface area contributed by atoms with Gasteiger partial charge in [-0.25, -0.2) is 0 Å². The van der Waals surface area contributed by atoms with E-state index in [9.17, 15) is 4.79 Å². The number of esters is 1. The highest BCUT2D eigenvalue weighted by atomic mass is 31.2. The van der Waals surface area contributed by atoms with E-state index in [4.69, 9.17) is 4.74 Å². The van der Waals surface area contributed by atoms with Crippen molar-refractivity contribution in [2.75, 3.05) is 6.61 Å². The molecule has 156 valence electrons. The Bertz CT molecular complexity index is 1020. The van der Waals surface area contributed by atoms with Crippen molar-refractivity contribution in [3.05, 3.63) is 108 Å². The molecule has 0 amide bonds. The topological polar surface area (TPSA) is 55.0 Å². The highest BCUT2D eigenvalue weighted by molar-refractivity contribution is 7.95. The largest absolute Gasteiger partial charge is 0.466 e. The average Bonchev–Trinajstić information content (AvgIpc) is 3.26. The van der Waals surface area contributed by atoms with Crippen molar-refractivity contribution in [2.24, 2.45) is 0 Å². The molecule has 0 aliphatic carbocycles. The summed E-state index contributed by atoms with van der Waals surface area (Å²) in [6.45, 7) is 2.19. The van der Waals surface area contributed by atoms with Crippen LogP contribution in [0, 0.1) is 0 Å². The summed E-state index contributed by atoms with van der Waals surface area (Å²) < 4.78 is 5.08. The van der Waals surface area contributed by atoms with Crippen LogP contribution in [0.25, 0.3) is 0 Å². The van der Waals surface area contributed by atoms with E-state index in [-0.39, 0.29) is 12.4 Å². The van der Waals surface area contributed by atoms with Crippen LogP contribution < -0.4 is 15.9 Å². The van der Waals surface area contributed by atoms with Gasteiger partial charge in [0.05, 0.1) is 13.0 Å². The fourth-order valence-corrected chi connectivity index (χ4v) is 8.09. The number of carbonyl (C=O) groups excluding carboxylic acids is 1. The zero-order valence-electron chi connectivity index (χ0n) is 17.6. The van der Waals surface area contributed by atoms with Gasteiger partial charge in [-0.05, 0) is 49.4 Å². The summed E-state index contributed by atoms with van der Waals surface area (Å²) in [5, 5.41) is 11.5. The van der Waals surface area contributed by atoms with Gasteiger partial charge in [0.25, 0.3) is 0 Å². The summed E-state index contributed by atoms with van der Waals surface area (Å²) in [6, 6.07) is 34.1. The first-order valence-electron chi connectivity index (χ1n) is 10.5. The molecule has 4 nitrogen and oxygen atoms in total. The van der Waals surface area contributed by atoms with Gasteiger partial charge in [0, 0.05) is 5.69 Å². The van der Waals surface area contributed by atoms with Crippen LogP contribution in [-0.2, 0) is 22.1 Å². The molecule has 0 radical (unpaired) electrons. The van der Waals surface area contributed by atoms with Crippen molar-refractivity contribution in [3.8, 4) is 0 Å². The highest BCUT2D eigenvalue weighted by Crippen LogP contribution is 2.57. The molecule has 0 atom stereocenters. The molecular weight excluding hydrogens is 403 g/mol. The summed E-state index contributed by atoms with van der Waals surface area (Å²) in [5.74, 6) is -0.243. The zero-order chi connectivity index (χ0) is 21.5. The quantitative estimate of drug-likeness (QED) is 0.340. The number of nitrogens with one attached hydrogen (secondary N) is 1. The summed E-state index contributed by atoms with van der Waals surface area (Å²) >= 11 is 0. The molecule has 0 saturated carbocycles. The maximum atomic E-state index is 11.9. The molecule has 0 fully saturated rings. The van der Waals surface area contributed by atoms with Crippen LogP contribution in [0.2, 0.25) is 0 Å². The molecule has 3 aromatic carbocycles. The van der Waals surface area contributed by atoms with Crippen molar-refractivity contribution in [2.45, 2.75) is 19.5 Å². The Labute approximate surface area is 183 Å². The second kappa shape index (κ2) is 9.72. The third kappa shape index (κ3) is 4.60. The number of hydrogen-bond donors (Lipinski definition) is 1. The maximum absolute atomic E-state index is 11.9. The fourth-order valence-electron chi connectivity index (χ4n) is 3.96. The molecule has 1 aromatic heterocycles.